The van der Waals surface area contributed by atoms with Crippen LogP contribution < -0.4 is 0 Å². The highest BCUT2D eigenvalue weighted by molar-refractivity contribution is 7.89. The molecule has 118 valence electrons. The summed E-state index contributed by atoms with van der Waals surface area (Å²) in [6, 6.07) is 5.03. The minimum atomic E-state index is -3.39. The van der Waals surface area contributed by atoms with E-state index in [9.17, 15) is 8.42 Å². The lowest BCUT2D eigenvalue weighted by molar-refractivity contribution is 0.269. The van der Waals surface area contributed by atoms with Crippen LogP contribution in [0.25, 0.3) is 0 Å². The van der Waals surface area contributed by atoms with Gasteiger partial charge in [0, 0.05) is 21.6 Å². The summed E-state index contributed by atoms with van der Waals surface area (Å²) in [4.78, 5) is 0.352. The van der Waals surface area contributed by atoms with E-state index in [-0.39, 0.29) is 1.43 Å². The van der Waals surface area contributed by atoms with Gasteiger partial charge in [-0.1, -0.05) is 13.3 Å². The van der Waals surface area contributed by atoms with Crippen LogP contribution in [0.4, 0.5) is 5.69 Å². The van der Waals surface area contributed by atoms with E-state index in [4.69, 9.17) is 0 Å². The summed E-state index contributed by atoms with van der Waals surface area (Å²) in [5.74, 6) is 0.658. The maximum absolute atomic E-state index is 12.7. The molecule has 0 saturated carbocycles. The first-order valence-corrected chi connectivity index (χ1v) is 8.83. The highest BCUT2D eigenvalue weighted by Gasteiger charge is 2.28. The summed E-state index contributed by atoms with van der Waals surface area (Å²) in [5.41, 5.74) is 1.53. The van der Waals surface area contributed by atoms with Crippen molar-refractivity contribution in [2.75, 3.05) is 20.1 Å². The number of hydrogen-bond acceptors (Lipinski definition) is 4. The molecule has 21 heavy (non-hydrogen) atoms. The molecule has 1 aromatic rings. The van der Waals surface area contributed by atoms with Crippen molar-refractivity contribution in [1.82, 2.24) is 4.31 Å². The molecule has 0 spiro atoms. The van der Waals surface area contributed by atoms with Gasteiger partial charge in [-0.2, -0.15) is 14.5 Å². The van der Waals surface area contributed by atoms with Gasteiger partial charge in [-0.25, -0.2) is 8.42 Å². The van der Waals surface area contributed by atoms with Crippen molar-refractivity contribution in [1.29, 1.82) is 0 Å². The highest BCUT2D eigenvalue weighted by atomic mass is 32.2. The van der Waals surface area contributed by atoms with Crippen LogP contribution in [0.5, 0.6) is 0 Å². The molecule has 0 unspecified atom stereocenters. The molecule has 6 heteroatoms. The third-order valence-electron chi connectivity index (χ3n) is 4.16. The maximum Gasteiger partial charge on any atom is 0.243 e. The van der Waals surface area contributed by atoms with Crippen LogP contribution in [0.3, 0.4) is 0 Å². The lowest BCUT2D eigenvalue weighted by atomic mass is 9.96. The van der Waals surface area contributed by atoms with E-state index in [1.54, 1.807) is 29.6 Å². The molecule has 1 aliphatic rings. The average Bonchev–Trinajstić information content (AvgIpc) is 2.49. The molecule has 0 atom stereocenters. The molecule has 1 fully saturated rings. The Morgan fingerprint density at radius 2 is 2.00 bits per heavy atom. The van der Waals surface area contributed by atoms with E-state index in [2.05, 4.69) is 17.2 Å². The lowest BCUT2D eigenvalue weighted by Gasteiger charge is -2.30. The standard InChI is InChI=1S/C15H23N3O2S.H2/c1-4-13-7-9-18(10-8-13)21(19,20)14-5-6-15(17-16-3)12(2)11-14;/h5-6,11,13H,4,7-10H2,1-3H3;1H. The summed E-state index contributed by atoms with van der Waals surface area (Å²) in [6.45, 7) is 5.26. The number of rotatable bonds is 4. The van der Waals surface area contributed by atoms with E-state index >= 15 is 0 Å². The van der Waals surface area contributed by atoms with Gasteiger partial charge in [0.05, 0.1) is 10.6 Å². The quantitative estimate of drug-likeness (QED) is 0.795. The van der Waals surface area contributed by atoms with Crippen LogP contribution >= 0.6 is 0 Å². The number of azo groups is 1. The monoisotopic (exact) mass is 311 g/mol. The largest absolute Gasteiger partial charge is 0.243 e. The second kappa shape index (κ2) is 6.66. The van der Waals surface area contributed by atoms with Crippen LogP contribution in [0.1, 0.15) is 33.2 Å². The van der Waals surface area contributed by atoms with E-state index in [0.29, 0.717) is 29.6 Å². The Morgan fingerprint density at radius 3 is 2.52 bits per heavy atom. The minimum absolute atomic E-state index is 0. The zero-order chi connectivity index (χ0) is 15.5. The Labute approximate surface area is 128 Å². The number of benzene rings is 1. The molecular formula is C15H25N3O2S. The third-order valence-corrected chi connectivity index (χ3v) is 6.06. The van der Waals surface area contributed by atoms with E-state index < -0.39 is 10.0 Å². The maximum atomic E-state index is 12.7. The van der Waals surface area contributed by atoms with Crippen molar-refractivity contribution in [3.63, 3.8) is 0 Å². The summed E-state index contributed by atoms with van der Waals surface area (Å²) in [7, 11) is -1.79. The molecule has 5 nitrogen and oxygen atoms in total. The number of sulfonamides is 1. The zero-order valence-electron chi connectivity index (χ0n) is 12.9. The van der Waals surface area contributed by atoms with E-state index in [0.717, 1.165) is 24.8 Å². The number of aryl methyl sites for hydroxylation is 1. The fourth-order valence-electron chi connectivity index (χ4n) is 2.72. The van der Waals surface area contributed by atoms with Crippen molar-refractivity contribution in [2.24, 2.45) is 16.1 Å². The first kappa shape index (κ1) is 16.1. The molecule has 0 amide bonds. The van der Waals surface area contributed by atoms with Crippen molar-refractivity contribution in [2.45, 2.75) is 38.0 Å². The van der Waals surface area contributed by atoms with Gasteiger partial charge in [0.1, 0.15) is 0 Å². The smallest absolute Gasteiger partial charge is 0.207 e. The van der Waals surface area contributed by atoms with Crippen LogP contribution in [0.2, 0.25) is 0 Å². The van der Waals surface area contributed by atoms with Gasteiger partial charge in [0.15, 0.2) is 0 Å². The van der Waals surface area contributed by atoms with Gasteiger partial charge in [-0.3, -0.25) is 0 Å². The summed E-state index contributed by atoms with van der Waals surface area (Å²) in [6.07, 6.45) is 3.04. The third kappa shape index (κ3) is 3.49. The molecule has 2 rings (SSSR count). The molecule has 1 aromatic carbocycles. The molecule has 0 N–H and O–H groups in total. The summed E-state index contributed by atoms with van der Waals surface area (Å²) >= 11 is 0. The molecule has 0 bridgehead atoms. The average molecular weight is 311 g/mol. The molecular weight excluding hydrogens is 286 g/mol. The second-order valence-corrected chi connectivity index (χ2v) is 7.44. The second-order valence-electron chi connectivity index (χ2n) is 5.50. The molecule has 1 heterocycles. The van der Waals surface area contributed by atoms with Crippen LogP contribution in [-0.2, 0) is 10.0 Å². The Bertz CT molecular complexity index is 624. The predicted octanol–water partition coefficient (Wildman–Crippen LogP) is 3.77. The highest BCUT2D eigenvalue weighted by Crippen LogP contribution is 2.28. The van der Waals surface area contributed by atoms with Crippen molar-refractivity contribution in [3.8, 4) is 0 Å². The minimum Gasteiger partial charge on any atom is -0.207 e. The number of piperidine rings is 1. The number of hydrogen-bond donors (Lipinski definition) is 0. The van der Waals surface area contributed by atoms with Gasteiger partial charge in [-0.15, -0.1) is 0 Å². The molecule has 1 aliphatic heterocycles. The van der Waals surface area contributed by atoms with Crippen molar-refractivity contribution in [3.05, 3.63) is 23.8 Å². The first-order valence-electron chi connectivity index (χ1n) is 7.39. The van der Waals surface area contributed by atoms with Gasteiger partial charge >= 0.3 is 0 Å². The fourth-order valence-corrected chi connectivity index (χ4v) is 4.27. The van der Waals surface area contributed by atoms with Gasteiger partial charge < -0.3 is 0 Å². The van der Waals surface area contributed by atoms with Crippen molar-refractivity contribution < 1.29 is 9.84 Å². The molecule has 0 radical (unpaired) electrons. The normalized spacial score (nSPS) is 18.4. The topological polar surface area (TPSA) is 62.1 Å². The van der Waals surface area contributed by atoms with Crippen LogP contribution in [0.15, 0.2) is 33.3 Å². The fraction of sp³-hybridized carbons (Fsp3) is 0.600. The Balaban J connectivity index is 0.00000242. The van der Waals surface area contributed by atoms with Gasteiger partial charge in [0.2, 0.25) is 10.0 Å². The van der Waals surface area contributed by atoms with Crippen LogP contribution in [-0.4, -0.2) is 32.9 Å². The van der Waals surface area contributed by atoms with E-state index in [1.807, 2.05) is 6.92 Å². The zero-order valence-corrected chi connectivity index (χ0v) is 13.7. The van der Waals surface area contributed by atoms with Crippen LogP contribution in [0, 0.1) is 12.8 Å². The SMILES string of the molecule is CCC1CCN(S(=O)(=O)c2ccc(N=NC)c(C)c2)CC1.[HH]. The molecule has 1 saturated heterocycles. The Morgan fingerprint density at radius 1 is 1.33 bits per heavy atom. The molecule has 0 aliphatic carbocycles. The number of nitrogens with zero attached hydrogens (tertiary/aromatic N) is 3. The predicted molar refractivity (Wildman–Crippen MR) is 85.5 cm³/mol. The first-order chi connectivity index (χ1) is 9.98. The van der Waals surface area contributed by atoms with Gasteiger partial charge in [0.25, 0.3) is 0 Å². The van der Waals surface area contributed by atoms with E-state index in [1.165, 1.54) is 0 Å². The Kier molecular flexibility index (Phi) is 5.11. The van der Waals surface area contributed by atoms with Gasteiger partial charge in [-0.05, 0) is 49.4 Å². The van der Waals surface area contributed by atoms with Crippen molar-refractivity contribution >= 4 is 15.7 Å². The Hall–Kier alpha value is -1.27. The summed E-state index contributed by atoms with van der Waals surface area (Å²) < 4.78 is 27.0. The lowest BCUT2D eigenvalue weighted by Crippen LogP contribution is -2.38. The summed E-state index contributed by atoms with van der Waals surface area (Å²) in [5, 5.41) is 7.71. The molecule has 0 aromatic heterocycles.